The van der Waals surface area contributed by atoms with Gasteiger partial charge < -0.3 is 24.1 Å². The van der Waals surface area contributed by atoms with Gasteiger partial charge in [0, 0.05) is 0 Å². The van der Waals surface area contributed by atoms with Gasteiger partial charge in [-0.15, -0.1) is 6.58 Å². The van der Waals surface area contributed by atoms with E-state index in [-0.39, 0.29) is 25.4 Å². The molecule has 1 aromatic rings. The summed E-state index contributed by atoms with van der Waals surface area (Å²) in [6.07, 6.45) is 1.39. The molecule has 0 aliphatic carbocycles. The highest BCUT2D eigenvalue weighted by molar-refractivity contribution is 5.20. The zero-order chi connectivity index (χ0) is 16.0. The number of aliphatic hydroxyl groups excluding tert-OH is 1. The third-order valence-corrected chi connectivity index (χ3v) is 2.73. The van der Waals surface area contributed by atoms with Crippen molar-refractivity contribution in [3.05, 3.63) is 43.0 Å². The van der Waals surface area contributed by atoms with Crippen molar-refractivity contribution in [2.24, 2.45) is 0 Å². The summed E-state index contributed by atoms with van der Waals surface area (Å²) in [6.45, 7) is 7.53. The molecule has 0 aromatic heterocycles. The molecule has 2 unspecified atom stereocenters. The van der Waals surface area contributed by atoms with E-state index in [1.54, 1.807) is 6.08 Å². The lowest BCUT2D eigenvalue weighted by Crippen LogP contribution is -2.33. The Morgan fingerprint density at radius 3 is 2.59 bits per heavy atom. The lowest BCUT2D eigenvalue weighted by Gasteiger charge is -2.22. The van der Waals surface area contributed by atoms with Crippen LogP contribution < -0.4 is 4.74 Å². The van der Waals surface area contributed by atoms with Crippen molar-refractivity contribution in [2.75, 3.05) is 39.6 Å². The normalized spacial score (nSPS) is 13.5. The van der Waals surface area contributed by atoms with Gasteiger partial charge in [0.05, 0.1) is 39.1 Å². The van der Waals surface area contributed by atoms with Crippen molar-refractivity contribution in [3.63, 3.8) is 0 Å². The Kier molecular flexibility index (Phi) is 10.3. The summed E-state index contributed by atoms with van der Waals surface area (Å²) in [6, 6.07) is 9.55. The maximum absolute atomic E-state index is 8.79. The van der Waals surface area contributed by atoms with Gasteiger partial charge in [0.15, 0.2) is 0 Å². The van der Waals surface area contributed by atoms with Gasteiger partial charge in [-0.25, -0.2) is 0 Å². The fourth-order valence-corrected chi connectivity index (χ4v) is 1.80. The first-order chi connectivity index (χ1) is 10.8. The van der Waals surface area contributed by atoms with E-state index in [9.17, 15) is 0 Å². The fourth-order valence-electron chi connectivity index (χ4n) is 1.80. The summed E-state index contributed by atoms with van der Waals surface area (Å²) in [5.41, 5.74) is 0. The molecule has 0 saturated carbocycles. The highest BCUT2D eigenvalue weighted by atomic mass is 16.6. The molecule has 0 heterocycles. The van der Waals surface area contributed by atoms with E-state index < -0.39 is 0 Å². The molecule has 0 saturated heterocycles. The average Bonchev–Trinajstić information content (AvgIpc) is 2.54. The van der Waals surface area contributed by atoms with Gasteiger partial charge in [-0.1, -0.05) is 24.3 Å². The van der Waals surface area contributed by atoms with Crippen LogP contribution in [0.25, 0.3) is 0 Å². The van der Waals surface area contributed by atoms with Crippen molar-refractivity contribution in [3.8, 4) is 5.75 Å². The minimum atomic E-state index is -0.228. The summed E-state index contributed by atoms with van der Waals surface area (Å²) >= 11 is 0. The average molecular weight is 310 g/mol. The Morgan fingerprint density at radius 1 is 1.14 bits per heavy atom. The number of para-hydroxylation sites is 1. The molecule has 5 heteroatoms. The molecule has 0 radical (unpaired) electrons. The second-order valence-corrected chi connectivity index (χ2v) is 4.82. The van der Waals surface area contributed by atoms with Gasteiger partial charge in [0.25, 0.3) is 0 Å². The van der Waals surface area contributed by atoms with Crippen LogP contribution in [0.4, 0.5) is 0 Å². The largest absolute Gasteiger partial charge is 0.491 e. The summed E-state index contributed by atoms with van der Waals surface area (Å²) in [5.74, 6) is 0.786. The molecule has 1 N–H and O–H groups in total. The molecule has 0 spiro atoms. The Morgan fingerprint density at radius 2 is 1.91 bits per heavy atom. The molecule has 0 fully saturated rings. The van der Waals surface area contributed by atoms with E-state index in [1.165, 1.54) is 0 Å². The lowest BCUT2D eigenvalue weighted by molar-refractivity contribution is -0.0912. The van der Waals surface area contributed by atoms with Crippen molar-refractivity contribution in [1.29, 1.82) is 0 Å². The highest BCUT2D eigenvalue weighted by Crippen LogP contribution is 2.10. The predicted molar refractivity (Wildman–Crippen MR) is 85.2 cm³/mol. The smallest absolute Gasteiger partial charge is 0.119 e. The molecule has 0 aliphatic rings. The Labute approximate surface area is 132 Å². The minimum absolute atomic E-state index is 0.00966. The third-order valence-electron chi connectivity index (χ3n) is 2.73. The zero-order valence-corrected chi connectivity index (χ0v) is 13.1. The van der Waals surface area contributed by atoms with Gasteiger partial charge in [-0.05, 0) is 19.1 Å². The lowest BCUT2D eigenvalue weighted by atomic mass is 10.3. The first-order valence-electron chi connectivity index (χ1n) is 7.46. The minimum Gasteiger partial charge on any atom is -0.491 e. The first-order valence-corrected chi connectivity index (χ1v) is 7.46. The summed E-state index contributed by atoms with van der Waals surface area (Å²) in [7, 11) is 0. The summed E-state index contributed by atoms with van der Waals surface area (Å²) in [5, 5.41) is 8.79. The van der Waals surface area contributed by atoms with E-state index in [0.29, 0.717) is 26.4 Å². The maximum Gasteiger partial charge on any atom is 0.119 e. The van der Waals surface area contributed by atoms with Crippen molar-refractivity contribution in [2.45, 2.75) is 19.1 Å². The van der Waals surface area contributed by atoms with Crippen LogP contribution in [0, 0.1) is 0 Å². The van der Waals surface area contributed by atoms with Crippen LogP contribution in [0.1, 0.15) is 6.92 Å². The number of ether oxygens (including phenoxy) is 4. The monoisotopic (exact) mass is 310 g/mol. The molecule has 2 atom stereocenters. The fraction of sp³-hybridized carbons (Fsp3) is 0.529. The first kappa shape index (κ1) is 18.6. The number of hydrogen-bond acceptors (Lipinski definition) is 5. The molecular weight excluding hydrogens is 284 g/mol. The van der Waals surface area contributed by atoms with E-state index >= 15 is 0 Å². The van der Waals surface area contributed by atoms with E-state index in [4.69, 9.17) is 24.1 Å². The second-order valence-electron chi connectivity index (χ2n) is 4.82. The number of aliphatic hydroxyl groups is 1. The molecule has 124 valence electrons. The van der Waals surface area contributed by atoms with Gasteiger partial charge in [0.1, 0.15) is 18.5 Å². The van der Waals surface area contributed by atoms with Gasteiger partial charge in [-0.3, -0.25) is 0 Å². The van der Waals surface area contributed by atoms with Gasteiger partial charge in [0.2, 0.25) is 0 Å². The van der Waals surface area contributed by atoms with Crippen LogP contribution in [0.15, 0.2) is 43.0 Å². The molecular formula is C17H26O5. The Bertz CT molecular complexity index is 382. The van der Waals surface area contributed by atoms with Crippen LogP contribution in [-0.4, -0.2) is 57.0 Å². The number of rotatable bonds is 13. The topological polar surface area (TPSA) is 57.2 Å². The quantitative estimate of drug-likeness (QED) is 0.446. The maximum atomic E-state index is 8.79. The Hall–Kier alpha value is -1.40. The zero-order valence-electron chi connectivity index (χ0n) is 13.1. The van der Waals surface area contributed by atoms with Gasteiger partial charge in [-0.2, -0.15) is 0 Å². The van der Waals surface area contributed by atoms with Crippen LogP contribution in [0.5, 0.6) is 5.75 Å². The number of hydrogen-bond donors (Lipinski definition) is 1. The highest BCUT2D eigenvalue weighted by Gasteiger charge is 2.15. The molecule has 1 aromatic carbocycles. The van der Waals surface area contributed by atoms with Crippen molar-refractivity contribution in [1.82, 2.24) is 0 Å². The third kappa shape index (κ3) is 8.79. The van der Waals surface area contributed by atoms with E-state index in [2.05, 4.69) is 6.58 Å². The van der Waals surface area contributed by atoms with Crippen LogP contribution in [-0.2, 0) is 14.2 Å². The molecule has 0 bridgehead atoms. The molecule has 5 nitrogen and oxygen atoms in total. The second kappa shape index (κ2) is 12.2. The van der Waals surface area contributed by atoms with Crippen LogP contribution >= 0.6 is 0 Å². The summed E-state index contributed by atoms with van der Waals surface area (Å²) < 4.78 is 22.3. The number of benzene rings is 1. The SMILES string of the molecule is C=CCOCC(C)OC(COCCO)COc1ccccc1. The summed E-state index contributed by atoms with van der Waals surface area (Å²) in [4.78, 5) is 0. The van der Waals surface area contributed by atoms with Crippen molar-refractivity contribution < 1.29 is 24.1 Å². The molecule has 1 rings (SSSR count). The molecule has 0 aliphatic heterocycles. The standard InChI is InChI=1S/C17H26O5/c1-3-10-19-12-15(2)22-17(13-20-11-9-18)14-21-16-7-5-4-6-8-16/h3-8,15,17-18H,1,9-14H2,2H3. The predicted octanol–water partition coefficient (Wildman–Crippen LogP) is 2.05. The molecule has 0 amide bonds. The Balaban J connectivity index is 2.38. The van der Waals surface area contributed by atoms with Gasteiger partial charge >= 0.3 is 0 Å². The van der Waals surface area contributed by atoms with Crippen LogP contribution in [0.2, 0.25) is 0 Å². The molecule has 22 heavy (non-hydrogen) atoms. The van der Waals surface area contributed by atoms with E-state index in [0.717, 1.165) is 5.75 Å². The van der Waals surface area contributed by atoms with E-state index in [1.807, 2.05) is 37.3 Å². The van der Waals surface area contributed by atoms with Crippen LogP contribution in [0.3, 0.4) is 0 Å². The van der Waals surface area contributed by atoms with Crippen molar-refractivity contribution >= 4 is 0 Å².